The van der Waals surface area contributed by atoms with E-state index in [4.69, 9.17) is 9.47 Å². The van der Waals surface area contributed by atoms with Crippen molar-refractivity contribution in [1.29, 1.82) is 0 Å². The van der Waals surface area contributed by atoms with Crippen molar-refractivity contribution in [3.05, 3.63) is 29.8 Å². The molecule has 21 heavy (non-hydrogen) atoms. The summed E-state index contributed by atoms with van der Waals surface area (Å²) >= 11 is 0. The minimum Gasteiger partial charge on any atom is -0.496 e. The molecule has 0 saturated heterocycles. The van der Waals surface area contributed by atoms with Crippen LogP contribution in [0.4, 0.5) is 0 Å². The van der Waals surface area contributed by atoms with Crippen LogP contribution >= 0.6 is 0 Å². The van der Waals surface area contributed by atoms with Gasteiger partial charge in [0.05, 0.1) is 25.9 Å². The number of unbranched alkanes of at least 4 members (excludes halogenated alkanes) is 3. The fourth-order valence-corrected chi connectivity index (χ4v) is 2.49. The first-order valence-electron chi connectivity index (χ1n) is 8.14. The Kier molecular flexibility index (Phi) is 9.11. The molecule has 1 aromatic carbocycles. The predicted molar refractivity (Wildman–Crippen MR) is 89.0 cm³/mol. The monoisotopic (exact) mass is 293 g/mol. The van der Waals surface area contributed by atoms with Crippen LogP contribution in [0.3, 0.4) is 0 Å². The fourth-order valence-electron chi connectivity index (χ4n) is 2.49. The zero-order chi connectivity index (χ0) is 15.5. The lowest BCUT2D eigenvalue weighted by Crippen LogP contribution is -2.24. The molecular formula is C18H31NO2. The Morgan fingerprint density at radius 3 is 2.57 bits per heavy atom. The first-order chi connectivity index (χ1) is 10.2. The molecule has 0 spiro atoms. The van der Waals surface area contributed by atoms with Crippen molar-refractivity contribution in [1.82, 2.24) is 5.32 Å². The van der Waals surface area contributed by atoms with E-state index in [-0.39, 0.29) is 6.04 Å². The van der Waals surface area contributed by atoms with Crippen LogP contribution in [0.5, 0.6) is 5.75 Å². The number of hydrogen-bond donors (Lipinski definition) is 1. The maximum Gasteiger partial charge on any atom is 0.123 e. The molecule has 0 radical (unpaired) electrons. The molecule has 0 aliphatic heterocycles. The SMILES string of the molecule is CCCCCCC(C)OCC(NC)c1ccccc1OC. The van der Waals surface area contributed by atoms with Crippen molar-refractivity contribution in [3.63, 3.8) is 0 Å². The van der Waals surface area contributed by atoms with Gasteiger partial charge in [-0.2, -0.15) is 0 Å². The van der Waals surface area contributed by atoms with Gasteiger partial charge in [-0.25, -0.2) is 0 Å². The summed E-state index contributed by atoms with van der Waals surface area (Å²) in [6.45, 7) is 5.08. The highest BCUT2D eigenvalue weighted by atomic mass is 16.5. The quantitative estimate of drug-likeness (QED) is 0.616. The van der Waals surface area contributed by atoms with Gasteiger partial charge in [0, 0.05) is 5.56 Å². The van der Waals surface area contributed by atoms with E-state index in [1.807, 2.05) is 25.2 Å². The van der Waals surface area contributed by atoms with Gasteiger partial charge >= 0.3 is 0 Å². The molecule has 2 unspecified atom stereocenters. The van der Waals surface area contributed by atoms with Gasteiger partial charge in [0.15, 0.2) is 0 Å². The molecule has 0 heterocycles. The van der Waals surface area contributed by atoms with Gasteiger partial charge in [-0.1, -0.05) is 50.8 Å². The number of rotatable bonds is 11. The Balaban J connectivity index is 2.43. The molecule has 0 bridgehead atoms. The molecule has 1 N–H and O–H groups in total. The number of para-hydroxylation sites is 1. The highest BCUT2D eigenvalue weighted by molar-refractivity contribution is 5.35. The van der Waals surface area contributed by atoms with Gasteiger partial charge in [0.1, 0.15) is 5.75 Å². The van der Waals surface area contributed by atoms with E-state index >= 15 is 0 Å². The van der Waals surface area contributed by atoms with E-state index in [0.29, 0.717) is 12.7 Å². The number of benzene rings is 1. The number of nitrogens with one attached hydrogen (secondary N) is 1. The Hall–Kier alpha value is -1.06. The normalized spacial score (nSPS) is 13.9. The van der Waals surface area contributed by atoms with Crippen LogP contribution in [0.2, 0.25) is 0 Å². The highest BCUT2D eigenvalue weighted by Crippen LogP contribution is 2.25. The summed E-state index contributed by atoms with van der Waals surface area (Å²) in [5, 5.41) is 3.32. The van der Waals surface area contributed by atoms with Crippen molar-refractivity contribution >= 4 is 0 Å². The van der Waals surface area contributed by atoms with E-state index in [1.54, 1.807) is 7.11 Å². The molecule has 2 atom stereocenters. The van der Waals surface area contributed by atoms with Crippen molar-refractivity contribution in [2.45, 2.75) is 58.1 Å². The first kappa shape index (κ1) is 18.0. The lowest BCUT2D eigenvalue weighted by Gasteiger charge is -2.22. The third-order valence-corrected chi connectivity index (χ3v) is 3.87. The lowest BCUT2D eigenvalue weighted by atomic mass is 10.1. The summed E-state index contributed by atoms with van der Waals surface area (Å²) in [5.41, 5.74) is 1.15. The minimum atomic E-state index is 0.166. The molecule has 0 aliphatic rings. The Morgan fingerprint density at radius 2 is 1.90 bits per heavy atom. The van der Waals surface area contributed by atoms with E-state index in [9.17, 15) is 0 Å². The van der Waals surface area contributed by atoms with Crippen molar-refractivity contribution in [2.24, 2.45) is 0 Å². The zero-order valence-corrected chi connectivity index (χ0v) is 14.0. The minimum absolute atomic E-state index is 0.166. The summed E-state index contributed by atoms with van der Waals surface area (Å²) in [7, 11) is 3.68. The van der Waals surface area contributed by atoms with Gasteiger partial charge in [0.25, 0.3) is 0 Å². The van der Waals surface area contributed by atoms with Crippen LogP contribution in [0.1, 0.15) is 57.6 Å². The number of likely N-dealkylation sites (N-methyl/N-ethyl adjacent to an activating group) is 1. The average molecular weight is 293 g/mol. The Bertz CT molecular complexity index is 381. The summed E-state index contributed by atoms with van der Waals surface area (Å²) < 4.78 is 11.4. The van der Waals surface area contributed by atoms with Gasteiger partial charge in [-0.05, 0) is 26.5 Å². The van der Waals surface area contributed by atoms with E-state index < -0.39 is 0 Å². The lowest BCUT2D eigenvalue weighted by molar-refractivity contribution is 0.0437. The Morgan fingerprint density at radius 1 is 1.14 bits per heavy atom. The maximum absolute atomic E-state index is 6.01. The van der Waals surface area contributed by atoms with E-state index in [1.165, 1.54) is 25.7 Å². The maximum atomic E-state index is 6.01. The number of methoxy groups -OCH3 is 1. The fraction of sp³-hybridized carbons (Fsp3) is 0.667. The molecule has 0 saturated carbocycles. The van der Waals surface area contributed by atoms with Gasteiger partial charge in [-0.15, -0.1) is 0 Å². The summed E-state index contributed by atoms with van der Waals surface area (Å²) in [5.74, 6) is 0.913. The molecule has 0 aromatic heterocycles. The smallest absolute Gasteiger partial charge is 0.123 e. The molecule has 120 valence electrons. The van der Waals surface area contributed by atoms with Crippen LogP contribution in [0.25, 0.3) is 0 Å². The topological polar surface area (TPSA) is 30.5 Å². The number of hydrogen-bond acceptors (Lipinski definition) is 3. The summed E-state index contributed by atoms with van der Waals surface area (Å²) in [4.78, 5) is 0. The molecule has 1 aromatic rings. The second-order valence-electron chi connectivity index (χ2n) is 5.58. The van der Waals surface area contributed by atoms with Crippen LogP contribution in [0.15, 0.2) is 24.3 Å². The summed E-state index contributed by atoms with van der Waals surface area (Å²) in [6, 6.07) is 8.28. The largest absolute Gasteiger partial charge is 0.496 e. The third-order valence-electron chi connectivity index (χ3n) is 3.87. The van der Waals surface area contributed by atoms with Crippen molar-refractivity contribution < 1.29 is 9.47 Å². The molecule has 3 heteroatoms. The summed E-state index contributed by atoms with van der Waals surface area (Å²) in [6.07, 6.45) is 6.63. The van der Waals surface area contributed by atoms with Crippen LogP contribution in [0, 0.1) is 0 Å². The van der Waals surface area contributed by atoms with Gasteiger partial charge in [-0.3, -0.25) is 0 Å². The van der Waals surface area contributed by atoms with Crippen LogP contribution in [-0.2, 0) is 4.74 Å². The molecule has 0 aliphatic carbocycles. The molecule has 1 rings (SSSR count). The van der Waals surface area contributed by atoms with E-state index in [0.717, 1.165) is 17.7 Å². The second kappa shape index (κ2) is 10.6. The first-order valence-corrected chi connectivity index (χ1v) is 8.14. The average Bonchev–Trinajstić information content (AvgIpc) is 2.52. The second-order valence-corrected chi connectivity index (χ2v) is 5.58. The third kappa shape index (κ3) is 6.49. The van der Waals surface area contributed by atoms with Gasteiger partial charge in [0.2, 0.25) is 0 Å². The zero-order valence-electron chi connectivity index (χ0n) is 14.0. The number of ether oxygens (including phenoxy) is 2. The van der Waals surface area contributed by atoms with Crippen LogP contribution < -0.4 is 10.1 Å². The van der Waals surface area contributed by atoms with Crippen LogP contribution in [-0.4, -0.2) is 26.9 Å². The Labute approximate surface area is 130 Å². The highest BCUT2D eigenvalue weighted by Gasteiger charge is 2.15. The molecule has 0 amide bonds. The van der Waals surface area contributed by atoms with Crippen molar-refractivity contribution in [2.75, 3.05) is 20.8 Å². The predicted octanol–water partition coefficient (Wildman–Crippen LogP) is 4.33. The molecule has 0 fully saturated rings. The van der Waals surface area contributed by atoms with E-state index in [2.05, 4.69) is 25.2 Å². The van der Waals surface area contributed by atoms with Crippen molar-refractivity contribution in [3.8, 4) is 5.75 Å². The molecular weight excluding hydrogens is 262 g/mol. The van der Waals surface area contributed by atoms with Gasteiger partial charge < -0.3 is 14.8 Å². The standard InChI is InChI=1S/C18H31NO2/c1-5-6-7-8-11-15(2)21-14-17(19-3)16-12-9-10-13-18(16)20-4/h9-10,12-13,15,17,19H,5-8,11,14H2,1-4H3. The molecule has 3 nitrogen and oxygen atoms in total.